The Bertz CT molecular complexity index is 689. The van der Waals surface area contributed by atoms with E-state index in [1.54, 1.807) is 23.6 Å². The van der Waals surface area contributed by atoms with Crippen LogP contribution in [0.15, 0.2) is 0 Å². The fraction of sp³-hybridized carbons (Fsp3) is 0.864. The van der Waals surface area contributed by atoms with Crippen LogP contribution in [-0.2, 0) is 14.4 Å². The fourth-order valence-corrected chi connectivity index (χ4v) is 8.01. The number of carbonyl (C=O) groups is 3. The number of hydrogen-bond acceptors (Lipinski definition) is 5. The van der Waals surface area contributed by atoms with E-state index < -0.39 is 28.7 Å². The monoisotopic (exact) mass is 439 g/mol. The van der Waals surface area contributed by atoms with E-state index in [1.165, 1.54) is 0 Å². The van der Waals surface area contributed by atoms with Crippen LogP contribution in [-0.4, -0.2) is 69.0 Å². The predicted octanol–water partition coefficient (Wildman–Crippen LogP) is 1.68. The summed E-state index contributed by atoms with van der Waals surface area (Å²) >= 11 is 1.67. The van der Waals surface area contributed by atoms with E-state index in [0.29, 0.717) is 13.1 Å². The van der Waals surface area contributed by atoms with E-state index >= 15 is 0 Å². The first-order valence-corrected chi connectivity index (χ1v) is 12.3. The molecular weight excluding hydrogens is 402 g/mol. The molecule has 3 N–H and O–H groups in total. The van der Waals surface area contributed by atoms with Gasteiger partial charge in [-0.3, -0.25) is 14.4 Å². The molecule has 3 aliphatic rings. The fourth-order valence-electron chi connectivity index (χ4n) is 5.67. The zero-order chi connectivity index (χ0) is 22.1. The van der Waals surface area contributed by atoms with Gasteiger partial charge in [0.25, 0.3) is 0 Å². The van der Waals surface area contributed by atoms with Gasteiger partial charge in [-0.2, -0.15) is 0 Å². The normalized spacial score (nSPS) is 35.4. The Morgan fingerprint density at radius 1 is 1.17 bits per heavy atom. The molecule has 3 heterocycles. The number of carbonyl (C=O) groups excluding carboxylic acids is 3. The molecule has 3 fully saturated rings. The lowest BCUT2D eigenvalue weighted by Gasteiger charge is -2.36. The third kappa shape index (κ3) is 3.64. The summed E-state index contributed by atoms with van der Waals surface area (Å²) in [5.41, 5.74) is 0. The molecule has 0 aliphatic carbocycles. The molecule has 2 unspecified atom stereocenters. The van der Waals surface area contributed by atoms with Gasteiger partial charge in [0.15, 0.2) is 0 Å². The molecular formula is C22H37N3O4S. The summed E-state index contributed by atoms with van der Waals surface area (Å²) in [6, 6.07) is -1.11. The zero-order valence-corrected chi connectivity index (χ0v) is 19.5. The Morgan fingerprint density at radius 2 is 1.87 bits per heavy atom. The second-order valence-electron chi connectivity index (χ2n) is 9.29. The Labute approximate surface area is 184 Å². The Hall–Kier alpha value is -1.28. The topological polar surface area (TPSA) is 98.7 Å². The maximum Gasteiger partial charge on any atom is 0.244 e. The Morgan fingerprint density at radius 3 is 2.50 bits per heavy atom. The van der Waals surface area contributed by atoms with Gasteiger partial charge in [-0.15, -0.1) is 11.8 Å². The van der Waals surface area contributed by atoms with Gasteiger partial charge < -0.3 is 20.6 Å². The first-order valence-electron chi connectivity index (χ1n) is 11.5. The van der Waals surface area contributed by atoms with Gasteiger partial charge in [0.05, 0.1) is 29.2 Å². The second kappa shape index (κ2) is 9.07. The summed E-state index contributed by atoms with van der Waals surface area (Å²) in [4.78, 5) is 41.7. The summed E-state index contributed by atoms with van der Waals surface area (Å²) in [7, 11) is 0. The maximum absolute atomic E-state index is 13.6. The van der Waals surface area contributed by atoms with E-state index in [9.17, 15) is 19.5 Å². The van der Waals surface area contributed by atoms with E-state index in [1.807, 2.05) is 6.92 Å². The highest BCUT2D eigenvalue weighted by Gasteiger charge is 2.77. The second-order valence-corrected chi connectivity index (χ2v) is 11.2. The number of likely N-dealkylation sites (tertiary alicyclic amines) is 1. The minimum absolute atomic E-state index is 0.0765. The van der Waals surface area contributed by atoms with Crippen LogP contribution in [0.1, 0.15) is 66.2 Å². The molecule has 3 aliphatic heterocycles. The average molecular weight is 440 g/mol. The third-order valence-electron chi connectivity index (χ3n) is 7.11. The van der Waals surface area contributed by atoms with Crippen molar-refractivity contribution in [1.82, 2.24) is 15.5 Å². The van der Waals surface area contributed by atoms with Crippen LogP contribution >= 0.6 is 11.8 Å². The van der Waals surface area contributed by atoms with Crippen molar-refractivity contribution < 1.29 is 19.5 Å². The van der Waals surface area contributed by atoms with Crippen LogP contribution in [0.4, 0.5) is 0 Å². The number of thioether (sulfide) groups is 1. The lowest BCUT2D eigenvalue weighted by molar-refractivity contribution is -0.143. The van der Waals surface area contributed by atoms with Crippen molar-refractivity contribution in [2.24, 2.45) is 11.8 Å². The van der Waals surface area contributed by atoms with Gasteiger partial charge in [-0.1, -0.05) is 26.7 Å². The lowest BCUT2D eigenvalue weighted by atomic mass is 9.66. The number of fused-ring (bicyclic) bond motifs is 1. The Kier molecular flexibility index (Phi) is 7.07. The first kappa shape index (κ1) is 23.4. The van der Waals surface area contributed by atoms with E-state index in [-0.39, 0.29) is 29.1 Å². The number of aliphatic hydroxyl groups is 1. The van der Waals surface area contributed by atoms with Crippen LogP contribution in [0, 0.1) is 11.8 Å². The van der Waals surface area contributed by atoms with Gasteiger partial charge in [-0.05, 0) is 39.5 Å². The van der Waals surface area contributed by atoms with Gasteiger partial charge in [0.1, 0.15) is 6.04 Å². The van der Waals surface area contributed by atoms with Gasteiger partial charge in [-0.25, -0.2) is 0 Å². The van der Waals surface area contributed by atoms with Crippen molar-refractivity contribution in [1.29, 1.82) is 0 Å². The SMILES string of the molecule is CCCCCNC(=O)C1N([C@H](C)CO)C(=O)[C@@H]2[C@@H](C(=O)NCCC)[C@@]3(C)CCC12S3. The smallest absolute Gasteiger partial charge is 0.244 e. The Balaban J connectivity index is 1.93. The highest BCUT2D eigenvalue weighted by molar-refractivity contribution is 8.02. The molecule has 0 radical (unpaired) electrons. The van der Waals surface area contributed by atoms with Crippen molar-refractivity contribution in [2.45, 2.75) is 87.8 Å². The molecule has 30 heavy (non-hydrogen) atoms. The van der Waals surface area contributed by atoms with Crippen LogP contribution in [0.2, 0.25) is 0 Å². The largest absolute Gasteiger partial charge is 0.394 e. The van der Waals surface area contributed by atoms with Crippen molar-refractivity contribution in [2.75, 3.05) is 19.7 Å². The van der Waals surface area contributed by atoms with Crippen LogP contribution in [0.5, 0.6) is 0 Å². The molecule has 7 nitrogen and oxygen atoms in total. The molecule has 170 valence electrons. The molecule has 0 aromatic heterocycles. The van der Waals surface area contributed by atoms with E-state index in [4.69, 9.17) is 0 Å². The van der Waals surface area contributed by atoms with Gasteiger partial charge >= 0.3 is 0 Å². The van der Waals surface area contributed by atoms with E-state index in [2.05, 4.69) is 24.5 Å². The molecule has 3 rings (SSSR count). The molecule has 0 saturated carbocycles. The minimum atomic E-state index is -0.644. The number of aliphatic hydroxyl groups excluding tert-OH is 1. The molecule has 0 aromatic carbocycles. The number of unbranched alkanes of at least 4 members (excludes halogenated alkanes) is 2. The number of nitrogens with one attached hydrogen (secondary N) is 2. The van der Waals surface area contributed by atoms with Gasteiger partial charge in [0.2, 0.25) is 17.7 Å². The number of hydrogen-bond donors (Lipinski definition) is 3. The van der Waals surface area contributed by atoms with Crippen molar-refractivity contribution >= 4 is 29.5 Å². The molecule has 0 aromatic rings. The lowest BCUT2D eigenvalue weighted by Crippen LogP contribution is -2.56. The summed E-state index contributed by atoms with van der Waals surface area (Å²) in [6.45, 7) is 8.93. The summed E-state index contributed by atoms with van der Waals surface area (Å²) in [5, 5.41) is 15.9. The molecule has 1 spiro atoms. The summed E-state index contributed by atoms with van der Waals surface area (Å²) in [6.07, 6.45) is 5.40. The molecule has 2 bridgehead atoms. The number of rotatable bonds is 10. The van der Waals surface area contributed by atoms with Crippen LogP contribution < -0.4 is 10.6 Å². The maximum atomic E-state index is 13.6. The molecule has 8 heteroatoms. The van der Waals surface area contributed by atoms with Crippen molar-refractivity contribution in [3.8, 4) is 0 Å². The first-order chi connectivity index (χ1) is 14.3. The third-order valence-corrected chi connectivity index (χ3v) is 9.10. The van der Waals surface area contributed by atoms with Gasteiger partial charge in [0, 0.05) is 17.8 Å². The van der Waals surface area contributed by atoms with Crippen molar-refractivity contribution in [3.05, 3.63) is 0 Å². The number of amides is 3. The highest BCUT2D eigenvalue weighted by Crippen LogP contribution is 2.71. The minimum Gasteiger partial charge on any atom is -0.394 e. The summed E-state index contributed by atoms with van der Waals surface area (Å²) in [5.74, 6) is -1.33. The van der Waals surface area contributed by atoms with Crippen LogP contribution in [0.25, 0.3) is 0 Å². The molecule has 3 saturated heterocycles. The van der Waals surface area contributed by atoms with E-state index in [0.717, 1.165) is 38.5 Å². The molecule has 3 amide bonds. The number of nitrogens with zero attached hydrogens (tertiary/aromatic N) is 1. The molecule has 6 atom stereocenters. The average Bonchev–Trinajstić information content (AvgIpc) is 3.29. The highest BCUT2D eigenvalue weighted by atomic mass is 32.2. The quantitative estimate of drug-likeness (QED) is 0.450. The summed E-state index contributed by atoms with van der Waals surface area (Å²) < 4.78 is -0.939. The zero-order valence-electron chi connectivity index (χ0n) is 18.7. The van der Waals surface area contributed by atoms with Crippen LogP contribution in [0.3, 0.4) is 0 Å². The van der Waals surface area contributed by atoms with Crippen molar-refractivity contribution in [3.63, 3.8) is 0 Å². The predicted molar refractivity (Wildman–Crippen MR) is 118 cm³/mol. The standard InChI is InChI=1S/C22H37N3O4S/c1-5-7-8-12-24-19(28)17-22-10-9-21(4,30-22)15(18(27)23-11-6-2)16(22)20(29)25(17)14(3)13-26/h14-17,26H,5-13H2,1-4H3,(H,23,27)(H,24,28)/t14-,15+,16+,17?,21-,22?/m1/s1.